The number of hydrogen-bond acceptors (Lipinski definition) is 7. The zero-order valence-corrected chi connectivity index (χ0v) is 17.1. The summed E-state index contributed by atoms with van der Waals surface area (Å²) in [6, 6.07) is 18.3. The molecule has 3 heterocycles. The third-order valence-electron chi connectivity index (χ3n) is 5.56. The molecular formula is C24H22N4O3. The van der Waals surface area contributed by atoms with E-state index in [1.54, 1.807) is 18.5 Å². The Morgan fingerprint density at radius 1 is 1.10 bits per heavy atom. The summed E-state index contributed by atoms with van der Waals surface area (Å²) in [5, 5.41) is 10.7. The number of benzene rings is 2. The summed E-state index contributed by atoms with van der Waals surface area (Å²) in [5.41, 5.74) is 3.82. The molecule has 1 unspecified atom stereocenters. The van der Waals surface area contributed by atoms with E-state index in [0.29, 0.717) is 24.1 Å². The molecule has 7 heteroatoms. The number of aromatic hydroxyl groups is 1. The Balaban J connectivity index is 1.35. The van der Waals surface area contributed by atoms with Gasteiger partial charge in [-0.15, -0.1) is 0 Å². The van der Waals surface area contributed by atoms with Gasteiger partial charge >= 0.3 is 6.01 Å². The van der Waals surface area contributed by atoms with E-state index in [4.69, 9.17) is 9.47 Å². The lowest BCUT2D eigenvalue weighted by Gasteiger charge is -2.28. The number of hydrogen-bond donors (Lipinski definition) is 1. The van der Waals surface area contributed by atoms with Crippen LogP contribution in [0.15, 0.2) is 67.0 Å². The molecule has 31 heavy (non-hydrogen) atoms. The van der Waals surface area contributed by atoms with Crippen molar-refractivity contribution in [1.82, 2.24) is 15.0 Å². The van der Waals surface area contributed by atoms with Crippen LogP contribution in [0.3, 0.4) is 0 Å². The fourth-order valence-electron chi connectivity index (χ4n) is 3.82. The van der Waals surface area contributed by atoms with E-state index >= 15 is 0 Å². The van der Waals surface area contributed by atoms with Gasteiger partial charge in [0.05, 0.1) is 30.3 Å². The molecule has 0 saturated carbocycles. The van der Waals surface area contributed by atoms with Crippen molar-refractivity contribution < 1.29 is 14.6 Å². The molecular weight excluding hydrogens is 392 g/mol. The van der Waals surface area contributed by atoms with Crippen LogP contribution in [0.1, 0.15) is 17.9 Å². The van der Waals surface area contributed by atoms with Crippen LogP contribution in [0, 0.1) is 0 Å². The highest BCUT2D eigenvalue weighted by atomic mass is 16.5. The number of nitrogens with zero attached hydrogens (tertiary/aromatic N) is 4. The predicted octanol–water partition coefficient (Wildman–Crippen LogP) is 4.44. The molecule has 1 aliphatic rings. The van der Waals surface area contributed by atoms with Crippen molar-refractivity contribution in [2.75, 3.05) is 25.2 Å². The van der Waals surface area contributed by atoms with E-state index in [-0.39, 0.29) is 17.8 Å². The minimum atomic E-state index is -0.108. The van der Waals surface area contributed by atoms with Crippen LogP contribution in [-0.4, -0.2) is 40.3 Å². The van der Waals surface area contributed by atoms with Gasteiger partial charge in [0, 0.05) is 42.2 Å². The first-order valence-electron chi connectivity index (χ1n) is 10.2. The fourth-order valence-corrected chi connectivity index (χ4v) is 3.82. The SMILES string of the molecule is CN(c1ccccc1)c1ccc2c(c1)OCCC2COc1nc(O)c2ccncc2n1. The fraction of sp³-hybridized carbons (Fsp3) is 0.208. The molecule has 2 aromatic carbocycles. The monoisotopic (exact) mass is 414 g/mol. The van der Waals surface area contributed by atoms with E-state index in [1.807, 2.05) is 25.2 Å². The van der Waals surface area contributed by atoms with Crippen LogP contribution in [0.2, 0.25) is 0 Å². The van der Waals surface area contributed by atoms with Gasteiger partial charge in [0.25, 0.3) is 0 Å². The lowest BCUT2D eigenvalue weighted by atomic mass is 9.93. The topological polar surface area (TPSA) is 80.6 Å². The smallest absolute Gasteiger partial charge is 0.320 e. The first kappa shape index (κ1) is 19.1. The summed E-state index contributed by atoms with van der Waals surface area (Å²) in [7, 11) is 2.04. The number of aromatic nitrogens is 3. The average Bonchev–Trinajstić information content (AvgIpc) is 2.82. The number of anilines is 2. The van der Waals surface area contributed by atoms with E-state index in [1.165, 1.54) is 0 Å². The Morgan fingerprint density at radius 2 is 1.97 bits per heavy atom. The van der Waals surface area contributed by atoms with Crippen molar-refractivity contribution in [3.8, 4) is 17.6 Å². The second-order valence-corrected chi connectivity index (χ2v) is 7.48. The molecule has 0 radical (unpaired) electrons. The van der Waals surface area contributed by atoms with Crippen LogP contribution in [0.5, 0.6) is 17.6 Å². The Bertz CT molecular complexity index is 1220. The zero-order valence-electron chi connectivity index (χ0n) is 17.1. The Hall–Kier alpha value is -3.87. The third kappa shape index (κ3) is 3.82. The highest BCUT2D eigenvalue weighted by Crippen LogP contribution is 2.38. The molecule has 0 bridgehead atoms. The van der Waals surface area contributed by atoms with Crippen molar-refractivity contribution in [3.05, 3.63) is 72.6 Å². The van der Waals surface area contributed by atoms with E-state index in [2.05, 4.69) is 50.2 Å². The van der Waals surface area contributed by atoms with Crippen LogP contribution >= 0.6 is 0 Å². The van der Waals surface area contributed by atoms with Gasteiger partial charge in [-0.2, -0.15) is 9.97 Å². The Kier molecular flexibility index (Phi) is 5.00. The van der Waals surface area contributed by atoms with E-state index < -0.39 is 0 Å². The van der Waals surface area contributed by atoms with Gasteiger partial charge in [-0.1, -0.05) is 24.3 Å². The minimum absolute atomic E-state index is 0.108. The van der Waals surface area contributed by atoms with Crippen LogP contribution in [0.25, 0.3) is 10.9 Å². The Morgan fingerprint density at radius 3 is 2.84 bits per heavy atom. The van der Waals surface area contributed by atoms with E-state index in [0.717, 1.165) is 29.1 Å². The maximum atomic E-state index is 10.1. The van der Waals surface area contributed by atoms with Gasteiger partial charge in [-0.25, -0.2) is 0 Å². The van der Waals surface area contributed by atoms with Gasteiger partial charge < -0.3 is 19.5 Å². The average molecular weight is 414 g/mol. The van der Waals surface area contributed by atoms with Crippen molar-refractivity contribution >= 4 is 22.3 Å². The summed E-state index contributed by atoms with van der Waals surface area (Å²) >= 11 is 0. The largest absolute Gasteiger partial charge is 0.493 e. The third-order valence-corrected chi connectivity index (χ3v) is 5.56. The highest BCUT2D eigenvalue weighted by Gasteiger charge is 2.24. The zero-order chi connectivity index (χ0) is 21.2. The maximum Gasteiger partial charge on any atom is 0.320 e. The number of ether oxygens (including phenoxy) is 2. The maximum absolute atomic E-state index is 10.1. The van der Waals surface area contributed by atoms with Gasteiger partial charge in [0.15, 0.2) is 0 Å². The second kappa shape index (κ2) is 8.10. The lowest BCUT2D eigenvalue weighted by molar-refractivity contribution is 0.208. The number of pyridine rings is 1. The molecule has 0 saturated heterocycles. The molecule has 0 amide bonds. The summed E-state index contributed by atoms with van der Waals surface area (Å²) < 4.78 is 11.8. The summed E-state index contributed by atoms with van der Waals surface area (Å²) in [6.45, 7) is 1.02. The molecule has 0 aliphatic carbocycles. The van der Waals surface area contributed by atoms with Crippen LogP contribution < -0.4 is 14.4 Å². The second-order valence-electron chi connectivity index (χ2n) is 7.48. The number of para-hydroxylation sites is 1. The minimum Gasteiger partial charge on any atom is -0.493 e. The van der Waals surface area contributed by atoms with Crippen molar-refractivity contribution in [2.24, 2.45) is 0 Å². The molecule has 0 spiro atoms. The number of fused-ring (bicyclic) bond motifs is 2. The summed E-state index contributed by atoms with van der Waals surface area (Å²) in [4.78, 5) is 14.6. The molecule has 1 aliphatic heterocycles. The van der Waals surface area contributed by atoms with Crippen LogP contribution in [0.4, 0.5) is 11.4 Å². The normalized spacial score (nSPS) is 15.2. The van der Waals surface area contributed by atoms with Gasteiger partial charge in [0.2, 0.25) is 5.88 Å². The van der Waals surface area contributed by atoms with Crippen LogP contribution in [-0.2, 0) is 0 Å². The Labute approximate surface area is 179 Å². The first-order chi connectivity index (χ1) is 15.2. The molecule has 4 aromatic rings. The number of rotatable bonds is 5. The lowest BCUT2D eigenvalue weighted by Crippen LogP contribution is -2.20. The van der Waals surface area contributed by atoms with Crippen molar-refractivity contribution in [3.63, 3.8) is 0 Å². The standard InChI is InChI=1S/C24H22N4O3/c1-28(17-5-3-2-4-6-17)18-7-8-19-16(10-12-30-22(19)13-18)15-31-24-26-21-14-25-11-9-20(21)23(29)27-24/h2-9,11,13-14,16H,10,12,15H2,1H3,(H,26,27,29). The molecule has 1 atom stereocenters. The molecule has 2 aromatic heterocycles. The summed E-state index contributed by atoms with van der Waals surface area (Å²) in [5.74, 6) is 0.908. The highest BCUT2D eigenvalue weighted by molar-refractivity contribution is 5.82. The van der Waals surface area contributed by atoms with Gasteiger partial charge in [0.1, 0.15) is 5.75 Å². The van der Waals surface area contributed by atoms with E-state index in [9.17, 15) is 5.11 Å². The first-order valence-corrected chi connectivity index (χ1v) is 10.2. The molecule has 7 nitrogen and oxygen atoms in total. The molecule has 156 valence electrons. The van der Waals surface area contributed by atoms with Crippen molar-refractivity contribution in [1.29, 1.82) is 0 Å². The molecule has 0 fully saturated rings. The molecule has 5 rings (SSSR count). The summed E-state index contributed by atoms with van der Waals surface area (Å²) in [6.07, 6.45) is 4.01. The predicted molar refractivity (Wildman–Crippen MR) is 118 cm³/mol. The molecule has 1 N–H and O–H groups in total. The quantitative estimate of drug-likeness (QED) is 0.517. The van der Waals surface area contributed by atoms with Crippen molar-refractivity contribution in [2.45, 2.75) is 12.3 Å². The van der Waals surface area contributed by atoms with Gasteiger partial charge in [-0.3, -0.25) is 4.98 Å². The van der Waals surface area contributed by atoms with Gasteiger partial charge in [-0.05, 0) is 30.7 Å².